The van der Waals surface area contributed by atoms with Crippen LogP contribution in [-0.2, 0) is 29.6 Å². The number of benzene rings is 2. The Balaban J connectivity index is 1.37. The molecule has 2 saturated heterocycles. The van der Waals surface area contributed by atoms with Gasteiger partial charge in [0.2, 0.25) is 20.0 Å². The summed E-state index contributed by atoms with van der Waals surface area (Å²) in [6, 6.07) is 10.4. The van der Waals surface area contributed by atoms with Crippen LogP contribution in [0.15, 0.2) is 52.3 Å². The molecule has 2 fully saturated rings. The van der Waals surface area contributed by atoms with Crippen LogP contribution in [0, 0.1) is 6.92 Å². The summed E-state index contributed by atoms with van der Waals surface area (Å²) in [5.74, 6) is -1.20. The van der Waals surface area contributed by atoms with Crippen LogP contribution in [0.25, 0.3) is 0 Å². The number of ether oxygens (including phenoxy) is 2. The van der Waals surface area contributed by atoms with Gasteiger partial charge >= 0.3 is 5.97 Å². The van der Waals surface area contributed by atoms with Crippen LogP contribution in [-0.4, -0.2) is 94.7 Å². The normalized spacial score (nSPS) is 19.3. The molecule has 11 nitrogen and oxygen atoms in total. The van der Waals surface area contributed by atoms with Crippen molar-refractivity contribution in [1.29, 1.82) is 0 Å². The number of carbonyl (C=O) groups is 2. The van der Waals surface area contributed by atoms with E-state index in [9.17, 15) is 26.4 Å². The molecule has 2 aromatic carbocycles. The molecular formula is C27H35N3O8S2. The Morgan fingerprint density at radius 1 is 0.900 bits per heavy atom. The SMILES string of the molecule is COc1ccc(C(=O)OCC(=O)N2CCN(S(=O)(=O)c3ccc(C)cc3)CC2)cc1S(=O)(=O)N1CCCC[C@@H]1C. The smallest absolute Gasteiger partial charge is 0.338 e. The number of carbonyl (C=O) groups excluding carboxylic acids is 2. The fourth-order valence-electron chi connectivity index (χ4n) is 4.90. The average molecular weight is 594 g/mol. The molecule has 218 valence electrons. The number of sulfonamides is 2. The van der Waals surface area contributed by atoms with Crippen LogP contribution in [0.2, 0.25) is 0 Å². The van der Waals surface area contributed by atoms with Crippen LogP contribution >= 0.6 is 0 Å². The summed E-state index contributed by atoms with van der Waals surface area (Å²) in [5.41, 5.74) is 0.929. The number of hydrogen-bond acceptors (Lipinski definition) is 8. The number of methoxy groups -OCH3 is 1. The van der Waals surface area contributed by atoms with Gasteiger partial charge in [0.15, 0.2) is 6.61 Å². The van der Waals surface area contributed by atoms with Crippen LogP contribution in [0.4, 0.5) is 0 Å². The number of rotatable bonds is 8. The van der Waals surface area contributed by atoms with Crippen molar-refractivity contribution in [3.05, 3.63) is 53.6 Å². The molecule has 0 unspecified atom stereocenters. The minimum atomic E-state index is -3.93. The molecule has 2 aromatic rings. The fraction of sp³-hybridized carbons (Fsp3) is 0.481. The summed E-state index contributed by atoms with van der Waals surface area (Å²) in [7, 11) is -6.25. The molecule has 0 radical (unpaired) electrons. The second-order valence-corrected chi connectivity index (χ2v) is 13.8. The largest absolute Gasteiger partial charge is 0.495 e. The number of aryl methyl sites for hydroxylation is 1. The molecule has 13 heteroatoms. The van der Waals surface area contributed by atoms with Crippen molar-refractivity contribution in [3.63, 3.8) is 0 Å². The molecule has 0 spiro atoms. The summed E-state index contributed by atoms with van der Waals surface area (Å²) in [6.45, 7) is 4.09. The maximum absolute atomic E-state index is 13.4. The van der Waals surface area contributed by atoms with Crippen molar-refractivity contribution < 1.29 is 35.9 Å². The van der Waals surface area contributed by atoms with Gasteiger partial charge in [-0.25, -0.2) is 21.6 Å². The van der Waals surface area contributed by atoms with Gasteiger partial charge in [-0.1, -0.05) is 24.1 Å². The third-order valence-corrected chi connectivity index (χ3v) is 11.3. The molecule has 1 amide bonds. The number of nitrogens with zero attached hydrogens (tertiary/aromatic N) is 3. The molecule has 0 N–H and O–H groups in total. The molecular weight excluding hydrogens is 558 g/mol. The van der Waals surface area contributed by atoms with Crippen molar-refractivity contribution in [2.45, 2.75) is 48.9 Å². The summed E-state index contributed by atoms with van der Waals surface area (Å²) in [5, 5.41) is 0. The molecule has 40 heavy (non-hydrogen) atoms. The van der Waals surface area contributed by atoms with E-state index in [1.54, 1.807) is 24.3 Å². The monoisotopic (exact) mass is 593 g/mol. The van der Waals surface area contributed by atoms with Crippen LogP contribution in [0.5, 0.6) is 5.75 Å². The van der Waals surface area contributed by atoms with Crippen LogP contribution in [0.1, 0.15) is 42.1 Å². The van der Waals surface area contributed by atoms with Crippen LogP contribution < -0.4 is 4.74 Å². The van der Waals surface area contributed by atoms with E-state index in [-0.39, 0.29) is 53.3 Å². The first-order valence-corrected chi connectivity index (χ1v) is 16.0. The van der Waals surface area contributed by atoms with Crippen molar-refractivity contribution in [2.24, 2.45) is 0 Å². The molecule has 0 aromatic heterocycles. The summed E-state index contributed by atoms with van der Waals surface area (Å²) in [6.07, 6.45) is 2.45. The van der Waals surface area contributed by atoms with Crippen LogP contribution in [0.3, 0.4) is 0 Å². The highest BCUT2D eigenvalue weighted by molar-refractivity contribution is 7.89. The first kappa shape index (κ1) is 30.0. The molecule has 0 saturated carbocycles. The van der Waals surface area contributed by atoms with E-state index >= 15 is 0 Å². The molecule has 1 atom stereocenters. The van der Waals surface area contributed by atoms with Crippen molar-refractivity contribution in [2.75, 3.05) is 46.4 Å². The highest BCUT2D eigenvalue weighted by atomic mass is 32.2. The third kappa shape index (κ3) is 6.32. The minimum Gasteiger partial charge on any atom is -0.495 e. The van der Waals surface area contributed by atoms with E-state index in [0.717, 1.165) is 24.8 Å². The predicted molar refractivity (Wildman–Crippen MR) is 147 cm³/mol. The second kappa shape index (κ2) is 12.2. The Morgan fingerprint density at radius 3 is 2.20 bits per heavy atom. The number of piperazine rings is 1. The first-order valence-electron chi connectivity index (χ1n) is 13.2. The molecule has 4 rings (SSSR count). The topological polar surface area (TPSA) is 131 Å². The van der Waals surface area contributed by atoms with E-state index in [0.29, 0.717) is 6.54 Å². The molecule has 0 aliphatic carbocycles. The maximum atomic E-state index is 13.4. The Labute approximate surface area is 235 Å². The van der Waals surface area contributed by atoms with Gasteiger partial charge in [0, 0.05) is 38.8 Å². The Kier molecular flexibility index (Phi) is 9.18. The van der Waals surface area contributed by atoms with Crippen molar-refractivity contribution >= 4 is 31.9 Å². The second-order valence-electron chi connectivity index (χ2n) is 10.0. The van der Waals surface area contributed by atoms with Gasteiger partial charge in [-0.15, -0.1) is 0 Å². The Morgan fingerprint density at radius 2 is 1.57 bits per heavy atom. The van der Waals surface area contributed by atoms with Gasteiger partial charge in [0.1, 0.15) is 10.6 Å². The molecule has 2 aliphatic heterocycles. The fourth-order valence-corrected chi connectivity index (χ4v) is 8.20. The lowest BCUT2D eigenvalue weighted by molar-refractivity contribution is -0.135. The molecule has 2 heterocycles. The highest BCUT2D eigenvalue weighted by Gasteiger charge is 2.34. The quantitative estimate of drug-likeness (QED) is 0.426. The number of piperidine rings is 1. The molecule has 2 aliphatic rings. The van der Waals surface area contributed by atoms with Gasteiger partial charge in [0.25, 0.3) is 5.91 Å². The molecule has 0 bridgehead atoms. The number of hydrogen-bond donors (Lipinski definition) is 0. The predicted octanol–water partition coefficient (Wildman–Crippen LogP) is 2.26. The van der Waals surface area contributed by atoms with Crippen molar-refractivity contribution in [3.8, 4) is 5.75 Å². The number of esters is 1. The minimum absolute atomic E-state index is 0.0224. The zero-order chi connectivity index (χ0) is 29.1. The maximum Gasteiger partial charge on any atom is 0.338 e. The van der Waals surface area contributed by atoms with E-state index in [1.807, 2.05) is 13.8 Å². The lowest BCUT2D eigenvalue weighted by atomic mass is 10.1. The van der Waals surface area contributed by atoms with Gasteiger partial charge < -0.3 is 14.4 Å². The summed E-state index contributed by atoms with van der Waals surface area (Å²) >= 11 is 0. The Bertz CT molecular complexity index is 1450. The lowest BCUT2D eigenvalue weighted by Crippen LogP contribution is -2.51. The lowest BCUT2D eigenvalue weighted by Gasteiger charge is -2.33. The average Bonchev–Trinajstić information content (AvgIpc) is 2.95. The highest BCUT2D eigenvalue weighted by Crippen LogP contribution is 2.32. The van der Waals surface area contributed by atoms with E-state index < -0.39 is 38.5 Å². The number of amides is 1. The van der Waals surface area contributed by atoms with Crippen molar-refractivity contribution in [1.82, 2.24) is 13.5 Å². The van der Waals surface area contributed by atoms with Gasteiger partial charge in [-0.2, -0.15) is 8.61 Å². The summed E-state index contributed by atoms with van der Waals surface area (Å²) in [4.78, 5) is 27.0. The zero-order valence-electron chi connectivity index (χ0n) is 22.9. The third-order valence-electron chi connectivity index (χ3n) is 7.30. The summed E-state index contributed by atoms with van der Waals surface area (Å²) < 4.78 is 65.9. The standard InChI is InChI=1S/C27H35N3O8S2/c1-20-7-10-23(11-8-20)39(33,34)29-16-14-28(15-17-29)26(31)19-38-27(32)22-9-12-24(37-3)25(18-22)40(35,36)30-13-5-4-6-21(30)2/h7-12,18,21H,4-6,13-17,19H2,1-3H3/t21-/m0/s1. The first-order chi connectivity index (χ1) is 18.9. The Hall–Kier alpha value is -3.00. The van der Waals surface area contributed by atoms with Gasteiger partial charge in [0.05, 0.1) is 17.6 Å². The zero-order valence-corrected chi connectivity index (χ0v) is 24.5. The van der Waals surface area contributed by atoms with E-state index in [1.165, 1.54) is 38.8 Å². The van der Waals surface area contributed by atoms with Gasteiger partial charge in [-0.05, 0) is 57.0 Å². The van der Waals surface area contributed by atoms with E-state index in [2.05, 4.69) is 0 Å². The van der Waals surface area contributed by atoms with E-state index in [4.69, 9.17) is 9.47 Å². The van der Waals surface area contributed by atoms with Gasteiger partial charge in [-0.3, -0.25) is 4.79 Å².